The fraction of sp³-hybridized carbons (Fsp3) is 0.333. The number of methoxy groups -OCH3 is 1. The second-order valence-corrected chi connectivity index (χ2v) is 9.50. The minimum Gasteiger partial charge on any atom is -0.497 e. The Morgan fingerprint density at radius 2 is 1.85 bits per heavy atom. The molecule has 1 unspecified atom stereocenters. The van der Waals surface area contributed by atoms with E-state index in [1.54, 1.807) is 35.7 Å². The van der Waals surface area contributed by atoms with E-state index >= 15 is 0 Å². The molecule has 7 nitrogen and oxygen atoms in total. The van der Waals surface area contributed by atoms with Crippen LogP contribution in [0.4, 0.5) is 5.69 Å². The molecule has 2 fully saturated rings. The van der Waals surface area contributed by atoms with Crippen molar-refractivity contribution in [2.45, 2.75) is 35.6 Å². The highest BCUT2D eigenvalue weighted by molar-refractivity contribution is 7.91. The maximum absolute atomic E-state index is 13.1. The zero-order chi connectivity index (χ0) is 19.2. The normalized spacial score (nSPS) is 20.5. The molecule has 1 aliphatic carbocycles. The fourth-order valence-electron chi connectivity index (χ4n) is 3.28. The van der Waals surface area contributed by atoms with Crippen molar-refractivity contribution >= 4 is 38.9 Å². The third-order valence-corrected chi connectivity index (χ3v) is 8.03. The molecule has 2 heterocycles. The lowest BCUT2D eigenvalue weighted by Gasteiger charge is -2.26. The molecular formula is C18H18N2O5S2. The van der Waals surface area contributed by atoms with Crippen LogP contribution in [0.2, 0.25) is 0 Å². The molecule has 2 amide bonds. The van der Waals surface area contributed by atoms with E-state index in [-0.39, 0.29) is 16.7 Å². The van der Waals surface area contributed by atoms with Crippen LogP contribution in [0.25, 0.3) is 0 Å². The molecular weight excluding hydrogens is 388 g/mol. The Morgan fingerprint density at radius 3 is 2.41 bits per heavy atom. The van der Waals surface area contributed by atoms with Crippen molar-refractivity contribution in [2.24, 2.45) is 0 Å². The SMILES string of the molecule is COc1ccc(N2C(=O)CC(N(C3CC3)S(=O)(=O)c3cccs3)C2=O)cc1. The molecule has 0 bridgehead atoms. The number of hydrogen-bond donors (Lipinski definition) is 0. The van der Waals surface area contributed by atoms with Crippen LogP contribution in [0.1, 0.15) is 19.3 Å². The summed E-state index contributed by atoms with van der Waals surface area (Å²) in [6, 6.07) is 8.51. The Labute approximate surface area is 161 Å². The van der Waals surface area contributed by atoms with Gasteiger partial charge in [0.25, 0.3) is 15.9 Å². The number of rotatable bonds is 6. The lowest BCUT2D eigenvalue weighted by Crippen LogP contribution is -2.46. The Balaban J connectivity index is 1.67. The Morgan fingerprint density at radius 1 is 1.15 bits per heavy atom. The Bertz CT molecular complexity index is 966. The van der Waals surface area contributed by atoms with Crippen LogP contribution in [0, 0.1) is 0 Å². The first kappa shape index (κ1) is 18.1. The summed E-state index contributed by atoms with van der Waals surface area (Å²) >= 11 is 1.11. The van der Waals surface area contributed by atoms with E-state index in [1.165, 1.54) is 17.5 Å². The number of benzene rings is 1. The monoisotopic (exact) mass is 406 g/mol. The maximum atomic E-state index is 13.1. The Hall–Kier alpha value is -2.23. The van der Waals surface area contributed by atoms with Crippen molar-refractivity contribution in [1.82, 2.24) is 4.31 Å². The zero-order valence-electron chi connectivity index (χ0n) is 14.6. The van der Waals surface area contributed by atoms with Crippen molar-refractivity contribution in [3.63, 3.8) is 0 Å². The number of carbonyl (C=O) groups excluding carboxylic acids is 2. The lowest BCUT2D eigenvalue weighted by atomic mass is 10.2. The van der Waals surface area contributed by atoms with Crippen LogP contribution in [0.5, 0.6) is 5.75 Å². The van der Waals surface area contributed by atoms with Gasteiger partial charge in [0.15, 0.2) is 0 Å². The molecule has 1 aromatic carbocycles. The number of anilines is 1. The average Bonchev–Trinajstić information content (AvgIpc) is 3.21. The topological polar surface area (TPSA) is 84.0 Å². The average molecular weight is 406 g/mol. The van der Waals surface area contributed by atoms with E-state index in [0.717, 1.165) is 16.2 Å². The molecule has 1 aromatic heterocycles. The van der Waals surface area contributed by atoms with Crippen molar-refractivity contribution in [2.75, 3.05) is 12.0 Å². The third kappa shape index (κ3) is 3.15. The fourth-order valence-corrected chi connectivity index (χ4v) is 6.20. The maximum Gasteiger partial charge on any atom is 0.253 e. The standard InChI is InChI=1S/C18H18N2O5S2/c1-25-14-8-6-12(7-9-14)19-16(21)11-15(18(19)22)20(13-4-5-13)27(23,24)17-3-2-10-26-17/h2-3,6-10,13,15H,4-5,11H2,1H3. The second kappa shape index (κ2) is 6.74. The molecule has 2 aromatic rings. The van der Waals surface area contributed by atoms with Gasteiger partial charge >= 0.3 is 0 Å². The zero-order valence-corrected chi connectivity index (χ0v) is 16.2. The molecule has 0 spiro atoms. The summed E-state index contributed by atoms with van der Waals surface area (Å²) in [5, 5.41) is 1.68. The van der Waals surface area contributed by atoms with E-state index in [2.05, 4.69) is 0 Å². The van der Waals surface area contributed by atoms with Gasteiger partial charge < -0.3 is 4.74 Å². The van der Waals surface area contributed by atoms with Crippen molar-refractivity contribution in [3.8, 4) is 5.75 Å². The molecule has 2 aliphatic rings. The van der Waals surface area contributed by atoms with Gasteiger partial charge in [0.2, 0.25) is 5.91 Å². The first-order valence-corrected chi connectivity index (χ1v) is 10.8. The number of carbonyl (C=O) groups is 2. The summed E-state index contributed by atoms with van der Waals surface area (Å²) < 4.78 is 32.7. The number of ether oxygens (including phenoxy) is 1. The predicted molar refractivity (Wildman–Crippen MR) is 100 cm³/mol. The number of hydrogen-bond acceptors (Lipinski definition) is 6. The molecule has 1 saturated carbocycles. The highest BCUT2D eigenvalue weighted by atomic mass is 32.2. The number of amides is 2. The summed E-state index contributed by atoms with van der Waals surface area (Å²) in [6.45, 7) is 0. The first-order valence-electron chi connectivity index (χ1n) is 8.51. The lowest BCUT2D eigenvalue weighted by molar-refractivity contribution is -0.122. The third-order valence-electron chi connectivity index (χ3n) is 4.69. The minimum atomic E-state index is -3.82. The van der Waals surface area contributed by atoms with Crippen LogP contribution in [-0.2, 0) is 19.6 Å². The van der Waals surface area contributed by atoms with Gasteiger partial charge in [-0.1, -0.05) is 6.07 Å². The van der Waals surface area contributed by atoms with Gasteiger partial charge in [-0.05, 0) is 48.6 Å². The smallest absolute Gasteiger partial charge is 0.253 e. The number of thiophene rings is 1. The van der Waals surface area contributed by atoms with Crippen LogP contribution < -0.4 is 9.64 Å². The first-order chi connectivity index (χ1) is 12.9. The highest BCUT2D eigenvalue weighted by Crippen LogP contribution is 2.39. The van der Waals surface area contributed by atoms with Gasteiger partial charge in [-0.15, -0.1) is 11.3 Å². The van der Waals surface area contributed by atoms with E-state index in [1.807, 2.05) is 0 Å². The molecule has 1 atom stereocenters. The quantitative estimate of drug-likeness (QED) is 0.687. The van der Waals surface area contributed by atoms with E-state index in [4.69, 9.17) is 4.74 Å². The molecule has 4 rings (SSSR count). The van der Waals surface area contributed by atoms with E-state index in [9.17, 15) is 18.0 Å². The molecule has 27 heavy (non-hydrogen) atoms. The van der Waals surface area contributed by atoms with Gasteiger partial charge in [0.05, 0.1) is 19.2 Å². The highest BCUT2D eigenvalue weighted by Gasteiger charge is 2.52. The van der Waals surface area contributed by atoms with Crippen molar-refractivity contribution in [1.29, 1.82) is 0 Å². The predicted octanol–water partition coefficient (Wildman–Crippen LogP) is 2.24. The summed E-state index contributed by atoms with van der Waals surface area (Å²) in [5.74, 6) is -0.298. The van der Waals surface area contributed by atoms with E-state index in [0.29, 0.717) is 24.3 Å². The van der Waals surface area contributed by atoms with Gasteiger partial charge in [0, 0.05) is 6.04 Å². The van der Waals surface area contributed by atoms with Crippen LogP contribution in [-0.4, -0.2) is 43.7 Å². The molecule has 142 valence electrons. The number of nitrogens with zero attached hydrogens (tertiary/aromatic N) is 2. The van der Waals surface area contributed by atoms with E-state index < -0.39 is 27.9 Å². The molecule has 1 saturated heterocycles. The van der Waals surface area contributed by atoms with Gasteiger partial charge in [-0.2, -0.15) is 4.31 Å². The largest absolute Gasteiger partial charge is 0.497 e. The van der Waals surface area contributed by atoms with Gasteiger partial charge in [0.1, 0.15) is 16.0 Å². The second-order valence-electron chi connectivity index (χ2n) is 6.48. The summed E-state index contributed by atoms with van der Waals surface area (Å²) in [5.41, 5.74) is 0.414. The van der Waals surface area contributed by atoms with Crippen molar-refractivity contribution in [3.05, 3.63) is 41.8 Å². The number of sulfonamides is 1. The molecule has 1 aliphatic heterocycles. The van der Waals surface area contributed by atoms with Crippen LogP contribution >= 0.6 is 11.3 Å². The minimum absolute atomic E-state index is 0.147. The van der Waals surface area contributed by atoms with Gasteiger partial charge in [-0.25, -0.2) is 13.3 Å². The van der Waals surface area contributed by atoms with Crippen LogP contribution in [0.3, 0.4) is 0 Å². The Kier molecular flexibility index (Phi) is 4.53. The van der Waals surface area contributed by atoms with Gasteiger partial charge in [-0.3, -0.25) is 9.59 Å². The number of imide groups is 1. The summed E-state index contributed by atoms with van der Waals surface area (Å²) in [4.78, 5) is 26.7. The molecule has 0 N–H and O–H groups in total. The van der Waals surface area contributed by atoms with Crippen molar-refractivity contribution < 1.29 is 22.7 Å². The van der Waals surface area contributed by atoms with Crippen LogP contribution in [0.15, 0.2) is 46.0 Å². The molecule has 9 heteroatoms. The summed E-state index contributed by atoms with van der Waals surface area (Å²) in [7, 11) is -2.29. The summed E-state index contributed by atoms with van der Waals surface area (Å²) in [6.07, 6.45) is 1.25. The molecule has 0 radical (unpaired) electrons.